The van der Waals surface area contributed by atoms with E-state index in [1.165, 1.54) is 0 Å². The van der Waals surface area contributed by atoms with Gasteiger partial charge in [-0.05, 0) is 43.2 Å². The first-order chi connectivity index (χ1) is 13.6. The van der Waals surface area contributed by atoms with Crippen LogP contribution in [-0.4, -0.2) is 47.8 Å². The zero-order chi connectivity index (χ0) is 19.9. The van der Waals surface area contributed by atoms with Gasteiger partial charge >= 0.3 is 0 Å². The fraction of sp³-hybridized carbons (Fsp3) is 0.455. The molecule has 0 bridgehead atoms. The molecule has 0 N–H and O–H groups in total. The number of hydrogen-bond donors (Lipinski definition) is 0. The van der Waals surface area contributed by atoms with Crippen LogP contribution in [0.2, 0.25) is 0 Å². The van der Waals surface area contributed by atoms with Crippen molar-refractivity contribution in [3.8, 4) is 5.75 Å². The minimum atomic E-state index is 0.0277. The Bertz CT molecular complexity index is 754. The van der Waals surface area contributed by atoms with Crippen molar-refractivity contribution in [3.05, 3.63) is 54.2 Å². The molecule has 1 saturated heterocycles. The van der Waals surface area contributed by atoms with Crippen LogP contribution in [0.1, 0.15) is 37.6 Å². The second-order valence-electron chi connectivity index (χ2n) is 7.04. The number of nitrogens with zero attached hydrogens (tertiary/aromatic N) is 3. The lowest BCUT2D eigenvalue weighted by Crippen LogP contribution is -2.31. The zero-order valence-electron chi connectivity index (χ0n) is 16.9. The van der Waals surface area contributed by atoms with Crippen molar-refractivity contribution in [3.63, 3.8) is 0 Å². The molecule has 1 aliphatic rings. The molecule has 0 saturated carbocycles. The molecule has 0 aliphatic carbocycles. The van der Waals surface area contributed by atoms with Gasteiger partial charge in [0, 0.05) is 19.8 Å². The molecule has 1 aliphatic heterocycles. The molecule has 0 radical (unpaired) electrons. The number of rotatable bonds is 9. The Hall–Kier alpha value is -2.21. The van der Waals surface area contributed by atoms with Crippen LogP contribution in [-0.2, 0) is 4.79 Å². The van der Waals surface area contributed by atoms with E-state index in [2.05, 4.69) is 28.9 Å². The fourth-order valence-corrected chi connectivity index (χ4v) is 4.52. The first kappa shape index (κ1) is 20.5. The van der Waals surface area contributed by atoms with Crippen molar-refractivity contribution < 1.29 is 9.53 Å². The Kier molecular flexibility index (Phi) is 7.20. The molecule has 28 heavy (non-hydrogen) atoms. The normalized spacial score (nSPS) is 19.1. The summed E-state index contributed by atoms with van der Waals surface area (Å²) in [7, 11) is 2.01. The van der Waals surface area contributed by atoms with Crippen molar-refractivity contribution in [1.82, 2.24) is 9.88 Å². The first-order valence-corrected chi connectivity index (χ1v) is 10.8. The second-order valence-corrected chi connectivity index (χ2v) is 8.47. The number of anilines is 1. The average Bonchev–Trinajstić information content (AvgIpc) is 3.01. The smallest absolute Gasteiger partial charge is 0.236 e. The van der Waals surface area contributed by atoms with Crippen LogP contribution in [0.25, 0.3) is 0 Å². The molecule has 3 rings (SSSR count). The summed E-state index contributed by atoms with van der Waals surface area (Å²) in [5, 5.41) is 0.137. The second kappa shape index (κ2) is 9.82. The van der Waals surface area contributed by atoms with Gasteiger partial charge < -0.3 is 14.5 Å². The number of thioether (sulfide) groups is 1. The molecule has 1 aromatic heterocycles. The predicted molar refractivity (Wildman–Crippen MR) is 116 cm³/mol. The van der Waals surface area contributed by atoms with Crippen LogP contribution >= 0.6 is 11.8 Å². The Morgan fingerprint density at radius 2 is 2.00 bits per heavy atom. The van der Waals surface area contributed by atoms with E-state index in [9.17, 15) is 4.79 Å². The van der Waals surface area contributed by atoms with E-state index in [1.54, 1.807) is 18.0 Å². The van der Waals surface area contributed by atoms with Gasteiger partial charge in [0.05, 0.1) is 11.8 Å². The lowest BCUT2D eigenvalue weighted by atomic mass is 10.2. The average molecular weight is 400 g/mol. The number of carbonyl (C=O) groups excluding carboxylic acids is 1. The van der Waals surface area contributed by atoms with E-state index in [0.29, 0.717) is 6.61 Å². The Morgan fingerprint density at radius 1 is 1.21 bits per heavy atom. The van der Waals surface area contributed by atoms with E-state index in [1.807, 2.05) is 49.2 Å². The summed E-state index contributed by atoms with van der Waals surface area (Å²) < 4.78 is 5.89. The van der Waals surface area contributed by atoms with Gasteiger partial charge in [0.2, 0.25) is 5.91 Å². The number of carbonyl (C=O) groups is 1. The highest BCUT2D eigenvalue weighted by atomic mass is 32.2. The fourth-order valence-electron chi connectivity index (χ4n) is 3.21. The molecular formula is C22H29N3O2S. The highest BCUT2D eigenvalue weighted by Crippen LogP contribution is 2.43. The standard InChI is InChI=1S/C22H29N3O2S/c1-4-5-14-25-21(26)17(2)28-22(25)18-9-11-19(12-10-18)27-16-15-24(3)20-8-6-7-13-23-20/h6-13,17,22H,4-5,14-16H2,1-3H3. The first-order valence-electron chi connectivity index (χ1n) is 9.91. The third-order valence-electron chi connectivity index (χ3n) is 4.90. The maximum atomic E-state index is 12.5. The number of unbranched alkanes of at least 4 members (excludes halogenated alkanes) is 1. The summed E-state index contributed by atoms with van der Waals surface area (Å²) in [5.41, 5.74) is 1.16. The summed E-state index contributed by atoms with van der Waals surface area (Å²) in [6.45, 7) is 6.33. The highest BCUT2D eigenvalue weighted by Gasteiger charge is 2.37. The summed E-state index contributed by atoms with van der Waals surface area (Å²) in [6, 6.07) is 14.1. The van der Waals surface area contributed by atoms with Crippen molar-refractivity contribution in [2.75, 3.05) is 31.6 Å². The minimum Gasteiger partial charge on any atom is -0.492 e. The van der Waals surface area contributed by atoms with E-state index in [-0.39, 0.29) is 16.5 Å². The van der Waals surface area contributed by atoms with Crippen molar-refractivity contribution in [2.24, 2.45) is 0 Å². The quantitative estimate of drug-likeness (QED) is 0.627. The van der Waals surface area contributed by atoms with Gasteiger partial charge in [-0.25, -0.2) is 4.98 Å². The largest absolute Gasteiger partial charge is 0.492 e. The molecular weight excluding hydrogens is 370 g/mol. The van der Waals surface area contributed by atoms with Crippen LogP contribution in [0.5, 0.6) is 5.75 Å². The van der Waals surface area contributed by atoms with Gasteiger partial charge in [-0.15, -0.1) is 11.8 Å². The van der Waals surface area contributed by atoms with Crippen LogP contribution in [0.3, 0.4) is 0 Å². The summed E-state index contributed by atoms with van der Waals surface area (Å²) in [6.07, 6.45) is 3.93. The molecule has 6 heteroatoms. The topological polar surface area (TPSA) is 45.7 Å². The van der Waals surface area contributed by atoms with Crippen LogP contribution in [0, 0.1) is 0 Å². The highest BCUT2D eigenvalue weighted by molar-refractivity contribution is 8.01. The van der Waals surface area contributed by atoms with E-state index in [0.717, 1.165) is 43.1 Å². The third-order valence-corrected chi connectivity index (χ3v) is 6.29. The monoisotopic (exact) mass is 399 g/mol. The molecule has 2 heterocycles. The molecule has 0 spiro atoms. The van der Waals surface area contributed by atoms with Crippen molar-refractivity contribution >= 4 is 23.5 Å². The Balaban J connectivity index is 1.55. The number of pyridine rings is 1. The van der Waals surface area contributed by atoms with E-state index < -0.39 is 0 Å². The molecule has 1 aromatic carbocycles. The van der Waals surface area contributed by atoms with Gasteiger partial charge in [0.25, 0.3) is 0 Å². The SMILES string of the molecule is CCCCN1C(=O)C(C)SC1c1ccc(OCCN(C)c2ccccn2)cc1. The maximum Gasteiger partial charge on any atom is 0.236 e. The lowest BCUT2D eigenvalue weighted by molar-refractivity contribution is -0.129. The lowest BCUT2D eigenvalue weighted by Gasteiger charge is -2.24. The summed E-state index contributed by atoms with van der Waals surface area (Å²) in [5.74, 6) is 2.03. The van der Waals surface area contributed by atoms with Crippen molar-refractivity contribution in [2.45, 2.75) is 37.3 Å². The van der Waals surface area contributed by atoms with E-state index >= 15 is 0 Å². The molecule has 1 amide bonds. The van der Waals surface area contributed by atoms with Gasteiger partial charge in [-0.1, -0.05) is 31.5 Å². The van der Waals surface area contributed by atoms with Gasteiger partial charge in [0.15, 0.2) is 0 Å². The molecule has 5 nitrogen and oxygen atoms in total. The van der Waals surface area contributed by atoms with E-state index in [4.69, 9.17) is 4.74 Å². The van der Waals surface area contributed by atoms with Gasteiger partial charge in [-0.3, -0.25) is 4.79 Å². The molecule has 2 atom stereocenters. The number of ether oxygens (including phenoxy) is 1. The number of hydrogen-bond acceptors (Lipinski definition) is 5. The van der Waals surface area contributed by atoms with Crippen molar-refractivity contribution in [1.29, 1.82) is 0 Å². The number of likely N-dealkylation sites (N-methyl/N-ethyl adjacent to an activating group) is 1. The van der Waals surface area contributed by atoms with Gasteiger partial charge in [0.1, 0.15) is 23.5 Å². The maximum absolute atomic E-state index is 12.5. The third kappa shape index (κ3) is 4.98. The number of amides is 1. The summed E-state index contributed by atoms with van der Waals surface area (Å²) >= 11 is 1.73. The van der Waals surface area contributed by atoms with Crippen LogP contribution < -0.4 is 9.64 Å². The Morgan fingerprint density at radius 3 is 2.68 bits per heavy atom. The summed E-state index contributed by atoms with van der Waals surface area (Å²) in [4.78, 5) is 20.9. The minimum absolute atomic E-state index is 0.0277. The molecule has 1 fully saturated rings. The number of aromatic nitrogens is 1. The number of benzene rings is 1. The van der Waals surface area contributed by atoms with Crippen LogP contribution in [0.4, 0.5) is 5.82 Å². The Labute approximate surface area is 172 Å². The molecule has 2 aromatic rings. The van der Waals surface area contributed by atoms with Gasteiger partial charge in [-0.2, -0.15) is 0 Å². The molecule has 2 unspecified atom stereocenters. The predicted octanol–water partition coefficient (Wildman–Crippen LogP) is 4.36. The molecule has 150 valence electrons. The van der Waals surface area contributed by atoms with Crippen LogP contribution in [0.15, 0.2) is 48.7 Å². The zero-order valence-corrected chi connectivity index (χ0v) is 17.7.